The maximum Gasteiger partial charge on any atom is 0.358 e. The van der Waals surface area contributed by atoms with Crippen LogP contribution in [0.2, 0.25) is 0 Å². The molecule has 2 atom stereocenters. The molecule has 0 aromatic heterocycles. The van der Waals surface area contributed by atoms with Gasteiger partial charge >= 0.3 is 10.1 Å². The number of hydrogen-bond acceptors (Lipinski definition) is 7. The van der Waals surface area contributed by atoms with Crippen molar-refractivity contribution < 1.29 is 22.4 Å². The van der Waals surface area contributed by atoms with Gasteiger partial charge in [0, 0.05) is 12.1 Å². The molecule has 0 saturated carbocycles. The molecule has 1 aromatic rings. The van der Waals surface area contributed by atoms with Crippen LogP contribution in [0.15, 0.2) is 46.0 Å². The Morgan fingerprint density at radius 3 is 2.33 bits per heavy atom. The normalized spacial score (nSPS) is 23.0. The Labute approximate surface area is 154 Å². The van der Waals surface area contributed by atoms with Crippen LogP contribution in [0.1, 0.15) is 6.92 Å². The van der Waals surface area contributed by atoms with Crippen LogP contribution < -0.4 is 0 Å². The van der Waals surface area contributed by atoms with Gasteiger partial charge in [0.05, 0.1) is 20.3 Å². The van der Waals surface area contributed by atoms with E-state index in [1.807, 2.05) is 0 Å². The van der Waals surface area contributed by atoms with Gasteiger partial charge in [-0.1, -0.05) is 37.0 Å². The molecule has 2 rings (SSSR count). The number of nitro groups is 1. The molecule has 128 valence electrons. The number of nitrogens with zero attached hydrogens (tertiary/aromatic N) is 2. The summed E-state index contributed by atoms with van der Waals surface area (Å²) in [7, 11) is -4.23. The third-order valence-electron chi connectivity index (χ3n) is 3.12. The Balaban J connectivity index is 2.26. The van der Waals surface area contributed by atoms with Gasteiger partial charge in [0.15, 0.2) is 5.78 Å². The number of halogens is 2. The summed E-state index contributed by atoms with van der Waals surface area (Å²) in [6.07, 6.45) is 1.42. The van der Waals surface area contributed by atoms with Crippen molar-refractivity contribution in [3.05, 3.63) is 46.0 Å². The average molecular weight is 482 g/mol. The third-order valence-corrected chi connectivity index (χ3v) is 6.89. The molecule has 0 aliphatic heterocycles. The predicted octanol–water partition coefficient (Wildman–Crippen LogP) is 2.71. The highest BCUT2D eigenvalue weighted by atomic mass is 79.9. The molecule has 0 fully saturated rings. The molecule has 0 amide bonds. The number of benzene rings is 1. The Hall–Kier alpha value is -1.59. The molecule has 0 N–H and O–H groups in total. The van der Waals surface area contributed by atoms with E-state index in [1.54, 1.807) is 6.92 Å². The van der Waals surface area contributed by atoms with Gasteiger partial charge in [-0.05, 0) is 30.7 Å². The largest absolute Gasteiger partial charge is 0.358 e. The molecular formula is C13H10Br2N2O6S. The highest BCUT2D eigenvalue weighted by Gasteiger charge is 2.33. The number of carbonyl (C=O) groups excluding carboxylic acids is 1. The molecule has 24 heavy (non-hydrogen) atoms. The number of alkyl halides is 2. The van der Waals surface area contributed by atoms with E-state index in [9.17, 15) is 23.3 Å². The van der Waals surface area contributed by atoms with E-state index in [4.69, 9.17) is 0 Å². The van der Waals surface area contributed by atoms with Gasteiger partial charge in [-0.25, -0.2) is 0 Å². The van der Waals surface area contributed by atoms with E-state index >= 15 is 0 Å². The monoisotopic (exact) mass is 480 g/mol. The number of nitro benzene ring substituents is 1. The van der Waals surface area contributed by atoms with Gasteiger partial charge in [-0.15, -0.1) is 0 Å². The van der Waals surface area contributed by atoms with Crippen molar-refractivity contribution in [2.45, 2.75) is 21.5 Å². The fourth-order valence-electron chi connectivity index (χ4n) is 1.82. The number of carbonyl (C=O) groups is 1. The summed E-state index contributed by atoms with van der Waals surface area (Å²) in [6.45, 7) is 1.58. The summed E-state index contributed by atoms with van der Waals surface area (Å²) in [6, 6.07) is 4.21. The van der Waals surface area contributed by atoms with E-state index in [-0.39, 0.29) is 22.1 Å². The summed E-state index contributed by atoms with van der Waals surface area (Å²) in [5, 5.41) is 14.2. The zero-order valence-electron chi connectivity index (χ0n) is 12.0. The van der Waals surface area contributed by atoms with Crippen LogP contribution >= 0.6 is 31.9 Å². The van der Waals surface area contributed by atoms with E-state index in [2.05, 4.69) is 41.3 Å². The van der Waals surface area contributed by atoms with E-state index in [1.165, 1.54) is 6.08 Å². The Morgan fingerprint density at radius 1 is 1.21 bits per heavy atom. The van der Waals surface area contributed by atoms with Crippen molar-refractivity contribution in [3.8, 4) is 0 Å². The third kappa shape index (κ3) is 3.90. The Kier molecular flexibility index (Phi) is 5.56. The number of hydrogen-bond donors (Lipinski definition) is 0. The second kappa shape index (κ2) is 7.11. The first-order valence-corrected chi connectivity index (χ1v) is 9.64. The lowest BCUT2D eigenvalue weighted by Gasteiger charge is -2.21. The van der Waals surface area contributed by atoms with Crippen molar-refractivity contribution in [2.75, 3.05) is 0 Å². The van der Waals surface area contributed by atoms with Gasteiger partial charge in [-0.2, -0.15) is 8.42 Å². The number of allylic oxidation sites excluding steroid dienone is 2. The van der Waals surface area contributed by atoms with Gasteiger partial charge in [0.1, 0.15) is 4.90 Å². The van der Waals surface area contributed by atoms with E-state index in [0.717, 1.165) is 24.3 Å². The lowest BCUT2D eigenvalue weighted by Crippen LogP contribution is -2.35. The van der Waals surface area contributed by atoms with Crippen LogP contribution in [0.3, 0.4) is 0 Å². The topological polar surface area (TPSA) is 116 Å². The molecule has 1 aliphatic rings. The molecule has 0 spiro atoms. The first-order valence-electron chi connectivity index (χ1n) is 6.40. The van der Waals surface area contributed by atoms with Crippen LogP contribution in [-0.2, 0) is 19.2 Å². The lowest BCUT2D eigenvalue weighted by molar-refractivity contribution is -0.384. The minimum Gasteiger partial charge on any atom is -0.293 e. The van der Waals surface area contributed by atoms with Gasteiger partial charge in [0.25, 0.3) is 5.69 Å². The van der Waals surface area contributed by atoms with Crippen LogP contribution in [0.25, 0.3) is 0 Å². The number of non-ortho nitro benzene ring substituents is 1. The first-order chi connectivity index (χ1) is 11.1. The second-order valence-electron chi connectivity index (χ2n) is 4.79. The van der Waals surface area contributed by atoms with Crippen molar-refractivity contribution in [3.63, 3.8) is 0 Å². The summed E-state index contributed by atoms with van der Waals surface area (Å²) in [5.41, 5.74) is 0.384. The predicted molar refractivity (Wildman–Crippen MR) is 93.0 cm³/mol. The highest BCUT2D eigenvalue weighted by Crippen LogP contribution is 2.26. The molecule has 2 unspecified atom stereocenters. The van der Waals surface area contributed by atoms with Gasteiger partial charge in [-0.3, -0.25) is 19.2 Å². The number of Topliss-reactive ketones (excluding diaryl/α,β-unsaturated/α-hetero) is 1. The molecule has 0 heterocycles. The smallest absolute Gasteiger partial charge is 0.293 e. The first kappa shape index (κ1) is 18.7. The van der Waals surface area contributed by atoms with E-state index < -0.39 is 24.7 Å². The quantitative estimate of drug-likeness (QED) is 0.370. The number of ketones is 1. The molecule has 11 heteroatoms. The van der Waals surface area contributed by atoms with Crippen LogP contribution in [-0.4, -0.2) is 34.5 Å². The van der Waals surface area contributed by atoms with Gasteiger partial charge < -0.3 is 0 Å². The fourth-order valence-corrected chi connectivity index (χ4v) is 3.65. The van der Waals surface area contributed by atoms with Gasteiger partial charge in [0.2, 0.25) is 0 Å². The zero-order chi connectivity index (χ0) is 18.1. The average Bonchev–Trinajstić information content (AvgIpc) is 2.55. The second-order valence-corrected chi connectivity index (χ2v) is 8.29. The number of rotatable bonds is 4. The van der Waals surface area contributed by atoms with Crippen LogP contribution in [0.4, 0.5) is 5.69 Å². The molecule has 1 aliphatic carbocycles. The van der Waals surface area contributed by atoms with Crippen LogP contribution in [0, 0.1) is 10.1 Å². The molecule has 0 radical (unpaired) electrons. The number of oxime groups is 1. The minimum atomic E-state index is -4.23. The summed E-state index contributed by atoms with van der Waals surface area (Å²) < 4.78 is 28.8. The van der Waals surface area contributed by atoms with Crippen molar-refractivity contribution >= 4 is 59.2 Å². The van der Waals surface area contributed by atoms with Crippen molar-refractivity contribution in [1.82, 2.24) is 0 Å². The molecule has 0 bridgehead atoms. The maximum atomic E-state index is 12.1. The maximum absolute atomic E-state index is 12.1. The van der Waals surface area contributed by atoms with Crippen molar-refractivity contribution in [1.29, 1.82) is 0 Å². The van der Waals surface area contributed by atoms with Crippen molar-refractivity contribution in [2.24, 2.45) is 5.16 Å². The summed E-state index contributed by atoms with van der Waals surface area (Å²) in [5.74, 6) is -0.144. The molecule has 0 saturated heterocycles. The van der Waals surface area contributed by atoms with E-state index in [0.29, 0.717) is 5.57 Å². The Bertz CT molecular complexity index is 848. The summed E-state index contributed by atoms with van der Waals surface area (Å²) >= 11 is 6.44. The lowest BCUT2D eigenvalue weighted by atomic mass is 9.98. The molecule has 8 nitrogen and oxygen atoms in total. The minimum absolute atomic E-state index is 0.144. The fraction of sp³-hybridized carbons (Fsp3) is 0.231. The molecular weight excluding hydrogens is 472 g/mol. The highest BCUT2D eigenvalue weighted by molar-refractivity contribution is 9.12. The molecule has 1 aromatic carbocycles. The summed E-state index contributed by atoms with van der Waals surface area (Å²) in [4.78, 5) is 20.3. The zero-order valence-corrected chi connectivity index (χ0v) is 16.0. The Morgan fingerprint density at radius 2 is 1.79 bits per heavy atom. The standard InChI is InChI=1S/C13H10Br2N2O6S/c1-7-6-10(11(14)12(15)13(7)18)16-23-24(21,22)9-4-2-8(3-5-9)17(19)20/h2-6,11-12H,1H3/b16-10+. The SMILES string of the molecule is CC1=C/C(=N\OS(=O)(=O)c2ccc([N+](=O)[O-])cc2)C(Br)C(Br)C1=O. The van der Waals surface area contributed by atoms with Crippen LogP contribution in [0.5, 0.6) is 0 Å².